The fourth-order valence-electron chi connectivity index (χ4n) is 4.89. The first-order chi connectivity index (χ1) is 14.9. The Labute approximate surface area is 180 Å². The van der Waals surface area contributed by atoms with Gasteiger partial charge in [0.15, 0.2) is 5.41 Å². The lowest BCUT2D eigenvalue weighted by Gasteiger charge is -2.31. The molecule has 1 saturated carbocycles. The summed E-state index contributed by atoms with van der Waals surface area (Å²) in [4.78, 5) is 50.5. The quantitative estimate of drug-likeness (QED) is 0.291. The summed E-state index contributed by atoms with van der Waals surface area (Å²) in [5.41, 5.74) is -1.10. The van der Waals surface area contributed by atoms with Gasteiger partial charge in [-0.05, 0) is 35.6 Å². The van der Waals surface area contributed by atoms with Crippen molar-refractivity contribution in [2.45, 2.75) is 25.7 Å². The van der Waals surface area contributed by atoms with Gasteiger partial charge in [0, 0.05) is 18.3 Å². The maximum Gasteiger partial charge on any atom is 0.323 e. The number of carbonyl (C=O) groups is 4. The minimum atomic E-state index is -1.74. The Kier molecular flexibility index (Phi) is 6.73. The van der Waals surface area contributed by atoms with E-state index in [1.54, 1.807) is 13.0 Å². The Morgan fingerprint density at radius 2 is 1.68 bits per heavy atom. The lowest BCUT2D eigenvalue weighted by Crippen LogP contribution is -2.44. The van der Waals surface area contributed by atoms with Gasteiger partial charge >= 0.3 is 17.9 Å². The van der Waals surface area contributed by atoms with E-state index in [9.17, 15) is 19.2 Å². The molecule has 0 bridgehead atoms. The maximum absolute atomic E-state index is 13.0. The number of fused-ring (bicyclic) bond motifs is 1. The van der Waals surface area contributed by atoms with Gasteiger partial charge in [-0.25, -0.2) is 0 Å². The molecule has 7 nitrogen and oxygen atoms in total. The lowest BCUT2D eigenvalue weighted by molar-refractivity contribution is -0.170. The zero-order chi connectivity index (χ0) is 22.6. The molecule has 164 valence electrons. The molecule has 3 atom stereocenters. The smallest absolute Gasteiger partial charge is 0.323 e. The molecule has 7 heteroatoms. The summed E-state index contributed by atoms with van der Waals surface area (Å²) in [6, 6.07) is 13.2. The van der Waals surface area contributed by atoms with Crippen molar-refractivity contribution >= 4 is 35.0 Å². The highest BCUT2D eigenvalue weighted by Gasteiger charge is 2.64. The molecule has 0 amide bonds. The molecule has 0 spiro atoms. The predicted molar refractivity (Wildman–Crippen MR) is 112 cm³/mol. The van der Waals surface area contributed by atoms with Crippen molar-refractivity contribution in [1.29, 1.82) is 0 Å². The van der Waals surface area contributed by atoms with Crippen LogP contribution in [0.15, 0.2) is 42.5 Å². The second-order valence-electron chi connectivity index (χ2n) is 7.73. The highest BCUT2D eigenvalue weighted by atomic mass is 16.5. The van der Waals surface area contributed by atoms with Gasteiger partial charge in [0.1, 0.15) is 6.29 Å². The number of methoxy groups -OCH3 is 2. The van der Waals surface area contributed by atoms with Crippen molar-refractivity contribution in [1.82, 2.24) is 0 Å². The van der Waals surface area contributed by atoms with E-state index in [1.807, 2.05) is 36.4 Å². The number of esters is 3. The van der Waals surface area contributed by atoms with Crippen molar-refractivity contribution < 1.29 is 33.4 Å². The molecule has 0 aromatic heterocycles. The first-order valence-corrected chi connectivity index (χ1v) is 10.2. The molecule has 1 aliphatic carbocycles. The number of rotatable bonds is 7. The van der Waals surface area contributed by atoms with Crippen LogP contribution < -0.4 is 0 Å². The molecule has 0 N–H and O–H groups in total. The van der Waals surface area contributed by atoms with Crippen molar-refractivity contribution in [3.8, 4) is 0 Å². The van der Waals surface area contributed by atoms with Gasteiger partial charge in [0.05, 0.1) is 20.8 Å². The largest absolute Gasteiger partial charge is 0.468 e. The van der Waals surface area contributed by atoms with Crippen molar-refractivity contribution in [2.24, 2.45) is 17.3 Å². The monoisotopic (exact) mass is 426 g/mol. The molecule has 0 saturated heterocycles. The van der Waals surface area contributed by atoms with Gasteiger partial charge in [0.25, 0.3) is 0 Å². The van der Waals surface area contributed by atoms with Gasteiger partial charge in [-0.2, -0.15) is 0 Å². The van der Waals surface area contributed by atoms with Crippen molar-refractivity contribution in [2.75, 3.05) is 20.8 Å². The summed E-state index contributed by atoms with van der Waals surface area (Å²) in [6.07, 6.45) is 0.584. The molecular weight excluding hydrogens is 400 g/mol. The Bertz CT molecular complexity index is 980. The van der Waals surface area contributed by atoms with E-state index < -0.39 is 41.1 Å². The first kappa shape index (κ1) is 22.5. The van der Waals surface area contributed by atoms with E-state index in [0.29, 0.717) is 5.56 Å². The van der Waals surface area contributed by atoms with Crippen molar-refractivity contribution in [3.63, 3.8) is 0 Å². The van der Waals surface area contributed by atoms with Gasteiger partial charge in [0.2, 0.25) is 0 Å². The Morgan fingerprint density at radius 1 is 1.03 bits per heavy atom. The molecule has 1 fully saturated rings. The summed E-state index contributed by atoms with van der Waals surface area (Å²) in [6.45, 7) is 1.89. The standard InChI is InChI=1S/C24H26O7/c1-4-31-20(26)12-18-13-24(22(27)29-2,23(28)30-3)21(19(18)14-25)17-10-9-15-7-5-6-8-16(15)11-17/h5-11,14,18-19,21H,4,12-13H2,1-3H3/t18-,19+,21-/m1/s1. The maximum atomic E-state index is 13.0. The van der Waals surface area contributed by atoms with E-state index in [0.717, 1.165) is 17.1 Å². The number of carbonyl (C=O) groups excluding carboxylic acids is 4. The average molecular weight is 426 g/mol. The van der Waals surface area contributed by atoms with E-state index in [4.69, 9.17) is 14.2 Å². The van der Waals surface area contributed by atoms with Crippen LogP contribution >= 0.6 is 0 Å². The van der Waals surface area contributed by atoms with Crippen LogP contribution in [-0.4, -0.2) is 45.0 Å². The average Bonchev–Trinajstić information content (AvgIpc) is 3.12. The van der Waals surface area contributed by atoms with Crippen LogP contribution in [0.1, 0.15) is 31.2 Å². The molecule has 2 aromatic rings. The van der Waals surface area contributed by atoms with Crippen LogP contribution in [0.25, 0.3) is 10.8 Å². The molecule has 0 unspecified atom stereocenters. The molecule has 2 aromatic carbocycles. The molecule has 0 aliphatic heterocycles. The number of hydrogen-bond acceptors (Lipinski definition) is 7. The van der Waals surface area contributed by atoms with Gasteiger partial charge in [-0.3, -0.25) is 14.4 Å². The third-order valence-electron chi connectivity index (χ3n) is 6.17. The second-order valence-corrected chi connectivity index (χ2v) is 7.73. The van der Waals surface area contributed by atoms with Crippen LogP contribution in [-0.2, 0) is 33.4 Å². The van der Waals surface area contributed by atoms with Crippen LogP contribution in [0.2, 0.25) is 0 Å². The normalized spacial score (nSPS) is 22.0. The Morgan fingerprint density at radius 3 is 2.26 bits per heavy atom. The number of ether oxygens (including phenoxy) is 3. The SMILES string of the molecule is CCOC(=O)C[C@@H]1CC(C(=O)OC)(C(=O)OC)[C@H](c2ccc3ccccc3c2)[C@H]1C=O. The van der Waals surface area contributed by atoms with Gasteiger partial charge in [-0.1, -0.05) is 42.5 Å². The van der Waals surface area contributed by atoms with E-state index in [-0.39, 0.29) is 19.4 Å². The fourth-order valence-corrected chi connectivity index (χ4v) is 4.89. The lowest BCUT2D eigenvalue weighted by atomic mass is 9.71. The minimum absolute atomic E-state index is 0.0495. The first-order valence-electron chi connectivity index (χ1n) is 10.2. The highest BCUT2D eigenvalue weighted by molar-refractivity contribution is 6.02. The summed E-state index contributed by atoms with van der Waals surface area (Å²) >= 11 is 0. The molecule has 1 aliphatic rings. The van der Waals surface area contributed by atoms with E-state index in [2.05, 4.69) is 0 Å². The van der Waals surface area contributed by atoms with Crippen LogP contribution in [0, 0.1) is 17.3 Å². The van der Waals surface area contributed by atoms with Gasteiger partial charge < -0.3 is 19.0 Å². The summed E-state index contributed by atoms with van der Waals surface area (Å²) in [5, 5.41) is 1.89. The third kappa shape index (κ3) is 3.92. The molecule has 0 heterocycles. The molecule has 31 heavy (non-hydrogen) atoms. The number of hydrogen-bond donors (Lipinski definition) is 0. The fraction of sp³-hybridized carbons (Fsp3) is 0.417. The second kappa shape index (κ2) is 9.29. The zero-order valence-corrected chi connectivity index (χ0v) is 17.8. The predicted octanol–water partition coefficient (Wildman–Crippen LogP) is 3.04. The zero-order valence-electron chi connectivity index (χ0n) is 17.8. The number of benzene rings is 2. The summed E-state index contributed by atoms with van der Waals surface area (Å²) in [7, 11) is 2.39. The van der Waals surface area contributed by atoms with Crippen molar-refractivity contribution in [3.05, 3.63) is 48.0 Å². The van der Waals surface area contributed by atoms with E-state index >= 15 is 0 Å². The summed E-state index contributed by atoms with van der Waals surface area (Å²) < 4.78 is 15.1. The van der Waals surface area contributed by atoms with E-state index in [1.165, 1.54) is 14.2 Å². The molecule has 3 rings (SSSR count). The molecule has 0 radical (unpaired) electrons. The minimum Gasteiger partial charge on any atom is -0.468 e. The van der Waals surface area contributed by atoms with Crippen LogP contribution in [0.5, 0.6) is 0 Å². The Balaban J connectivity index is 2.18. The summed E-state index contributed by atoms with van der Waals surface area (Å²) in [5.74, 6) is -4.24. The Hall–Kier alpha value is -3.22. The third-order valence-corrected chi connectivity index (χ3v) is 6.17. The van der Waals surface area contributed by atoms with Crippen LogP contribution in [0.4, 0.5) is 0 Å². The topological polar surface area (TPSA) is 96.0 Å². The molecular formula is C24H26O7. The number of aldehydes is 1. The highest BCUT2D eigenvalue weighted by Crippen LogP contribution is 2.57. The van der Waals surface area contributed by atoms with Crippen LogP contribution in [0.3, 0.4) is 0 Å². The van der Waals surface area contributed by atoms with Gasteiger partial charge in [-0.15, -0.1) is 0 Å².